The van der Waals surface area contributed by atoms with Gasteiger partial charge >= 0.3 is 6.03 Å². The predicted octanol–water partition coefficient (Wildman–Crippen LogP) is -0.0611. The Morgan fingerprint density at radius 1 is 1.33 bits per heavy atom. The average molecular weight is 247 g/mol. The van der Waals surface area contributed by atoms with E-state index in [-0.39, 0.29) is 0 Å². The number of carbonyl (C=O) groups excluding carboxylic acids is 3. The Morgan fingerprint density at radius 2 is 1.94 bits per heavy atom. The molecule has 1 unspecified atom stereocenters. The summed E-state index contributed by atoms with van der Waals surface area (Å²) in [7, 11) is 0. The number of hydrogen-bond donors (Lipinski definition) is 2. The van der Waals surface area contributed by atoms with Crippen LogP contribution >= 0.6 is 0 Å². The lowest BCUT2D eigenvalue weighted by molar-refractivity contribution is -0.134. The highest BCUT2D eigenvalue weighted by molar-refractivity contribution is 6.09. The van der Waals surface area contributed by atoms with Gasteiger partial charge in [0.05, 0.1) is 0 Å². The van der Waals surface area contributed by atoms with Crippen molar-refractivity contribution in [2.24, 2.45) is 5.73 Å². The van der Waals surface area contributed by atoms with E-state index in [0.717, 1.165) is 4.90 Å². The summed E-state index contributed by atoms with van der Waals surface area (Å²) in [5, 5.41) is 2.58. The normalized spacial score (nSPS) is 23.1. The number of urea groups is 1. The van der Waals surface area contributed by atoms with Crippen LogP contribution in [0.15, 0.2) is 30.3 Å². The molecule has 1 aromatic rings. The zero-order valence-electron chi connectivity index (χ0n) is 9.84. The summed E-state index contributed by atoms with van der Waals surface area (Å²) in [6.07, 6.45) is 0. The van der Waals surface area contributed by atoms with Gasteiger partial charge in [-0.3, -0.25) is 14.5 Å². The second kappa shape index (κ2) is 4.14. The first-order valence-corrected chi connectivity index (χ1v) is 5.43. The smallest absolute Gasteiger partial charge is 0.325 e. The molecule has 0 aliphatic carbocycles. The molecule has 1 fully saturated rings. The fraction of sp³-hybridized carbons (Fsp3) is 0.250. The van der Waals surface area contributed by atoms with E-state index in [2.05, 4.69) is 5.32 Å². The highest BCUT2D eigenvalue weighted by Gasteiger charge is 2.49. The van der Waals surface area contributed by atoms with Gasteiger partial charge in [0.1, 0.15) is 12.1 Å². The van der Waals surface area contributed by atoms with Gasteiger partial charge in [0.15, 0.2) is 0 Å². The molecule has 1 heterocycles. The van der Waals surface area contributed by atoms with Crippen molar-refractivity contribution in [3.05, 3.63) is 35.9 Å². The van der Waals surface area contributed by atoms with Crippen LogP contribution in [-0.2, 0) is 15.1 Å². The van der Waals surface area contributed by atoms with Gasteiger partial charge < -0.3 is 11.1 Å². The largest absolute Gasteiger partial charge is 0.368 e. The van der Waals surface area contributed by atoms with Crippen LogP contribution in [-0.4, -0.2) is 29.3 Å². The molecule has 0 aromatic heterocycles. The van der Waals surface area contributed by atoms with Crippen molar-refractivity contribution in [1.82, 2.24) is 10.2 Å². The van der Waals surface area contributed by atoms with Gasteiger partial charge in [0.25, 0.3) is 5.91 Å². The van der Waals surface area contributed by atoms with Crippen molar-refractivity contribution >= 4 is 17.8 Å². The van der Waals surface area contributed by atoms with Gasteiger partial charge in [0, 0.05) is 0 Å². The summed E-state index contributed by atoms with van der Waals surface area (Å²) in [5.41, 5.74) is 4.53. The number of nitrogens with two attached hydrogens (primary N) is 1. The van der Waals surface area contributed by atoms with E-state index in [4.69, 9.17) is 5.73 Å². The highest BCUT2D eigenvalue weighted by Crippen LogP contribution is 2.28. The molecule has 18 heavy (non-hydrogen) atoms. The molecule has 1 aliphatic heterocycles. The summed E-state index contributed by atoms with van der Waals surface area (Å²) in [6, 6.07) is 8.24. The number of nitrogens with zero attached hydrogens (tertiary/aromatic N) is 1. The van der Waals surface area contributed by atoms with Gasteiger partial charge in [-0.1, -0.05) is 30.3 Å². The number of imide groups is 1. The van der Waals surface area contributed by atoms with Crippen molar-refractivity contribution in [3.8, 4) is 0 Å². The van der Waals surface area contributed by atoms with Crippen molar-refractivity contribution in [1.29, 1.82) is 0 Å². The number of carbonyl (C=O) groups is 3. The first-order valence-electron chi connectivity index (χ1n) is 5.43. The zero-order valence-corrected chi connectivity index (χ0v) is 9.84. The molecule has 3 N–H and O–H groups in total. The van der Waals surface area contributed by atoms with Gasteiger partial charge in [-0.05, 0) is 12.5 Å². The Hall–Kier alpha value is -2.37. The van der Waals surface area contributed by atoms with E-state index < -0.39 is 29.9 Å². The van der Waals surface area contributed by atoms with Gasteiger partial charge in [-0.15, -0.1) is 0 Å². The number of hydrogen-bond acceptors (Lipinski definition) is 3. The molecule has 0 saturated carbocycles. The molecule has 1 atom stereocenters. The average Bonchev–Trinajstić information content (AvgIpc) is 2.55. The minimum atomic E-state index is -1.15. The first-order chi connectivity index (χ1) is 8.45. The zero-order chi connectivity index (χ0) is 13.3. The van der Waals surface area contributed by atoms with E-state index in [9.17, 15) is 14.4 Å². The number of primary amides is 1. The predicted molar refractivity (Wildman–Crippen MR) is 63.2 cm³/mol. The van der Waals surface area contributed by atoms with Gasteiger partial charge in [-0.25, -0.2) is 4.79 Å². The van der Waals surface area contributed by atoms with Gasteiger partial charge in [-0.2, -0.15) is 0 Å². The van der Waals surface area contributed by atoms with Crippen LogP contribution in [0.4, 0.5) is 4.79 Å². The van der Waals surface area contributed by atoms with E-state index in [0.29, 0.717) is 5.56 Å². The first kappa shape index (κ1) is 12.1. The Morgan fingerprint density at radius 3 is 2.50 bits per heavy atom. The summed E-state index contributed by atoms with van der Waals surface area (Å²) in [4.78, 5) is 35.6. The number of nitrogens with one attached hydrogen (secondary N) is 1. The highest BCUT2D eigenvalue weighted by atomic mass is 16.2. The SMILES string of the molecule is CC1(c2ccccc2)NC(=O)N(CC(N)=O)C1=O. The molecule has 0 bridgehead atoms. The van der Waals surface area contributed by atoms with Crippen molar-refractivity contribution in [2.45, 2.75) is 12.5 Å². The van der Waals surface area contributed by atoms with Crippen LogP contribution in [0.5, 0.6) is 0 Å². The maximum atomic E-state index is 12.2. The van der Waals surface area contributed by atoms with Crippen molar-refractivity contribution < 1.29 is 14.4 Å². The molecule has 6 heteroatoms. The molecule has 94 valence electrons. The third-order valence-corrected chi connectivity index (χ3v) is 2.94. The van der Waals surface area contributed by atoms with Crippen LogP contribution < -0.4 is 11.1 Å². The van der Waals surface area contributed by atoms with Gasteiger partial charge in [0.2, 0.25) is 5.91 Å². The van der Waals surface area contributed by atoms with Crippen LogP contribution in [0, 0.1) is 0 Å². The van der Waals surface area contributed by atoms with Crippen LogP contribution in [0.1, 0.15) is 12.5 Å². The molecule has 1 aliphatic rings. The van der Waals surface area contributed by atoms with E-state index in [1.165, 1.54) is 0 Å². The summed E-state index contributed by atoms with van der Waals surface area (Å²) >= 11 is 0. The fourth-order valence-electron chi connectivity index (χ4n) is 1.96. The lowest BCUT2D eigenvalue weighted by atomic mass is 9.92. The lowest BCUT2D eigenvalue weighted by Crippen LogP contribution is -2.42. The maximum absolute atomic E-state index is 12.2. The summed E-state index contributed by atoms with van der Waals surface area (Å²) in [6.45, 7) is 1.19. The Balaban J connectivity index is 2.35. The molecular weight excluding hydrogens is 234 g/mol. The number of amides is 4. The molecule has 1 saturated heterocycles. The number of benzene rings is 1. The summed E-state index contributed by atoms with van der Waals surface area (Å²) < 4.78 is 0. The third-order valence-electron chi connectivity index (χ3n) is 2.94. The molecule has 0 spiro atoms. The molecule has 2 rings (SSSR count). The minimum absolute atomic E-state index is 0.410. The molecule has 6 nitrogen and oxygen atoms in total. The summed E-state index contributed by atoms with van der Waals surface area (Å²) in [5.74, 6) is -1.20. The molecular formula is C12H13N3O3. The monoisotopic (exact) mass is 247 g/mol. The van der Waals surface area contributed by atoms with E-state index in [1.807, 2.05) is 6.07 Å². The number of rotatable bonds is 3. The van der Waals surface area contributed by atoms with Crippen LogP contribution in [0.3, 0.4) is 0 Å². The lowest BCUT2D eigenvalue weighted by Gasteiger charge is -2.21. The quantitative estimate of drug-likeness (QED) is 0.733. The molecule has 0 radical (unpaired) electrons. The van der Waals surface area contributed by atoms with Crippen LogP contribution in [0.2, 0.25) is 0 Å². The van der Waals surface area contributed by atoms with Crippen molar-refractivity contribution in [2.75, 3.05) is 6.54 Å². The Bertz CT molecular complexity index is 515. The van der Waals surface area contributed by atoms with E-state index >= 15 is 0 Å². The van der Waals surface area contributed by atoms with Crippen LogP contribution in [0.25, 0.3) is 0 Å². The molecule has 1 aromatic carbocycles. The third kappa shape index (κ3) is 1.81. The maximum Gasteiger partial charge on any atom is 0.325 e. The Kier molecular flexibility index (Phi) is 2.78. The second-order valence-electron chi connectivity index (χ2n) is 4.28. The topological polar surface area (TPSA) is 92.5 Å². The van der Waals surface area contributed by atoms with Crippen molar-refractivity contribution in [3.63, 3.8) is 0 Å². The van der Waals surface area contributed by atoms with E-state index in [1.54, 1.807) is 31.2 Å². The molecule has 4 amide bonds. The standard InChI is InChI=1S/C12H13N3O3/c1-12(8-5-3-2-4-6-8)10(17)15(7-9(13)16)11(18)14-12/h2-6H,7H2,1H3,(H2,13,16)(H,14,18). The fourth-order valence-corrected chi connectivity index (χ4v) is 1.96. The minimum Gasteiger partial charge on any atom is -0.368 e. The second-order valence-corrected chi connectivity index (χ2v) is 4.28. The Labute approximate surface area is 104 Å².